The molecule has 0 bridgehead atoms. The number of aliphatic hydroxyl groups excluding tert-OH is 1. The van der Waals surface area contributed by atoms with Gasteiger partial charge in [-0.25, -0.2) is 0 Å². The van der Waals surface area contributed by atoms with Crippen LogP contribution in [0.15, 0.2) is 10.8 Å². The summed E-state index contributed by atoms with van der Waals surface area (Å²) in [5, 5.41) is 14.4. The average molecular weight is 321 g/mol. The molecular formula is C17H27N3O3. The Labute approximate surface area is 137 Å². The average Bonchev–Trinajstić information content (AvgIpc) is 2.95. The Morgan fingerprint density at radius 1 is 1.48 bits per heavy atom. The Hall–Kier alpha value is -1.40. The molecule has 128 valence electrons. The van der Waals surface area contributed by atoms with E-state index in [1.807, 2.05) is 11.8 Å². The van der Waals surface area contributed by atoms with E-state index in [1.54, 1.807) is 6.26 Å². The molecule has 1 aromatic rings. The smallest absolute Gasteiger partial charge is 0.252 e. The first-order valence-electron chi connectivity index (χ1n) is 8.72. The number of piperidine rings is 1. The van der Waals surface area contributed by atoms with E-state index >= 15 is 0 Å². The molecule has 3 heterocycles. The quantitative estimate of drug-likeness (QED) is 0.891. The van der Waals surface area contributed by atoms with E-state index in [0.29, 0.717) is 18.5 Å². The van der Waals surface area contributed by atoms with E-state index in [9.17, 15) is 9.90 Å². The summed E-state index contributed by atoms with van der Waals surface area (Å²) < 4.78 is 4.98. The molecule has 0 aromatic carbocycles. The van der Waals surface area contributed by atoms with Gasteiger partial charge in [-0.05, 0) is 32.6 Å². The van der Waals surface area contributed by atoms with Crippen LogP contribution < -0.4 is 0 Å². The van der Waals surface area contributed by atoms with Gasteiger partial charge in [0.2, 0.25) is 0 Å². The summed E-state index contributed by atoms with van der Waals surface area (Å²) in [5.41, 5.74) is 2.08. The minimum Gasteiger partial charge on any atom is -0.382 e. The predicted octanol–water partition coefficient (Wildman–Crippen LogP) is 1.53. The lowest BCUT2D eigenvalue weighted by atomic mass is 9.93. The number of aliphatic hydroxyl groups is 1. The Balaban J connectivity index is 1.49. The number of carbonyl (C=O) groups excluding carboxylic acids is 1. The van der Waals surface area contributed by atoms with Crippen LogP contribution in [0, 0.1) is 6.92 Å². The van der Waals surface area contributed by atoms with Crippen molar-refractivity contribution >= 4 is 5.91 Å². The number of carbonyl (C=O) groups is 1. The van der Waals surface area contributed by atoms with Crippen molar-refractivity contribution in [3.8, 4) is 0 Å². The molecule has 2 aliphatic heterocycles. The van der Waals surface area contributed by atoms with Crippen molar-refractivity contribution in [1.82, 2.24) is 15.0 Å². The standard InChI is InChI=1S/C17H27N3O3/c1-3-14-6-4-5-7-20(14)17(22)15(21)10-19-8-13(9-19)16-12(2)11-23-18-16/h11,13-15,21H,3-10H2,1-2H3. The SMILES string of the molecule is CCC1CCCCN1C(=O)C(O)CN1CC(c2nocc2C)C1. The fraction of sp³-hybridized carbons (Fsp3) is 0.765. The van der Waals surface area contributed by atoms with Crippen molar-refractivity contribution in [1.29, 1.82) is 0 Å². The van der Waals surface area contributed by atoms with Crippen LogP contribution in [0.5, 0.6) is 0 Å². The molecule has 6 heteroatoms. The number of rotatable bonds is 5. The second-order valence-corrected chi connectivity index (χ2v) is 6.90. The van der Waals surface area contributed by atoms with Gasteiger partial charge in [-0.15, -0.1) is 0 Å². The molecule has 0 radical (unpaired) electrons. The number of aryl methyl sites for hydroxylation is 1. The zero-order valence-electron chi connectivity index (χ0n) is 14.1. The number of hydrogen-bond donors (Lipinski definition) is 1. The largest absolute Gasteiger partial charge is 0.382 e. The fourth-order valence-electron chi connectivity index (χ4n) is 3.81. The van der Waals surface area contributed by atoms with Crippen molar-refractivity contribution < 1.29 is 14.4 Å². The van der Waals surface area contributed by atoms with Gasteiger partial charge in [0.05, 0.1) is 5.69 Å². The second kappa shape index (κ2) is 7.01. The summed E-state index contributed by atoms with van der Waals surface area (Å²) in [6.07, 6.45) is 5.01. The molecule has 3 rings (SSSR count). The number of hydrogen-bond acceptors (Lipinski definition) is 5. The van der Waals surface area contributed by atoms with Gasteiger partial charge in [0.25, 0.3) is 5.91 Å². The fourth-order valence-corrected chi connectivity index (χ4v) is 3.81. The summed E-state index contributed by atoms with van der Waals surface area (Å²) in [4.78, 5) is 16.5. The minimum absolute atomic E-state index is 0.0994. The number of amides is 1. The van der Waals surface area contributed by atoms with Gasteiger partial charge in [-0.3, -0.25) is 9.69 Å². The van der Waals surface area contributed by atoms with Crippen molar-refractivity contribution in [2.45, 2.75) is 57.6 Å². The van der Waals surface area contributed by atoms with Crippen LogP contribution in [0.2, 0.25) is 0 Å². The predicted molar refractivity (Wildman–Crippen MR) is 86.1 cm³/mol. The molecule has 2 atom stereocenters. The number of likely N-dealkylation sites (tertiary alicyclic amines) is 2. The van der Waals surface area contributed by atoms with Gasteiger partial charge in [-0.2, -0.15) is 0 Å². The highest BCUT2D eigenvalue weighted by Crippen LogP contribution is 2.28. The first-order chi connectivity index (χ1) is 11.1. The highest BCUT2D eigenvalue weighted by Gasteiger charge is 2.36. The van der Waals surface area contributed by atoms with Gasteiger partial charge in [0.1, 0.15) is 12.4 Å². The first-order valence-corrected chi connectivity index (χ1v) is 8.72. The molecular weight excluding hydrogens is 294 g/mol. The third-order valence-electron chi connectivity index (χ3n) is 5.23. The van der Waals surface area contributed by atoms with Crippen LogP contribution in [0.25, 0.3) is 0 Å². The maximum absolute atomic E-state index is 12.5. The van der Waals surface area contributed by atoms with Crippen molar-refractivity contribution in [3.05, 3.63) is 17.5 Å². The van der Waals surface area contributed by atoms with E-state index in [0.717, 1.165) is 50.2 Å². The highest BCUT2D eigenvalue weighted by atomic mass is 16.5. The van der Waals surface area contributed by atoms with Gasteiger partial charge in [0, 0.05) is 43.7 Å². The summed E-state index contributed by atoms with van der Waals surface area (Å²) in [6.45, 7) is 6.97. The van der Waals surface area contributed by atoms with E-state index in [4.69, 9.17) is 4.52 Å². The van der Waals surface area contributed by atoms with E-state index in [1.165, 1.54) is 6.42 Å². The van der Waals surface area contributed by atoms with Crippen LogP contribution in [0.3, 0.4) is 0 Å². The van der Waals surface area contributed by atoms with Gasteiger partial charge in [0.15, 0.2) is 0 Å². The van der Waals surface area contributed by atoms with Crippen molar-refractivity contribution in [2.24, 2.45) is 0 Å². The molecule has 6 nitrogen and oxygen atoms in total. The molecule has 0 aliphatic carbocycles. The summed E-state index contributed by atoms with van der Waals surface area (Å²) >= 11 is 0. The Morgan fingerprint density at radius 2 is 2.26 bits per heavy atom. The molecule has 23 heavy (non-hydrogen) atoms. The maximum atomic E-state index is 12.5. The second-order valence-electron chi connectivity index (χ2n) is 6.90. The third-order valence-corrected chi connectivity index (χ3v) is 5.23. The van der Waals surface area contributed by atoms with Crippen molar-refractivity contribution in [3.63, 3.8) is 0 Å². The molecule has 0 saturated carbocycles. The molecule has 0 spiro atoms. The molecule has 1 amide bonds. The van der Waals surface area contributed by atoms with Gasteiger partial charge >= 0.3 is 0 Å². The minimum atomic E-state index is -0.915. The molecule has 2 saturated heterocycles. The molecule has 2 aliphatic rings. The Bertz CT molecular complexity index is 539. The summed E-state index contributed by atoms with van der Waals surface area (Å²) in [7, 11) is 0. The molecule has 1 N–H and O–H groups in total. The lowest BCUT2D eigenvalue weighted by Gasteiger charge is -2.41. The summed E-state index contributed by atoms with van der Waals surface area (Å²) in [5.74, 6) is 0.257. The zero-order chi connectivity index (χ0) is 16.4. The summed E-state index contributed by atoms with van der Waals surface area (Å²) in [6, 6.07) is 0.299. The number of β-amino-alcohol motifs (C(OH)–C–C–N with tert-alkyl or cyclic N) is 1. The first kappa shape index (κ1) is 16.5. The van der Waals surface area contributed by atoms with Crippen LogP contribution in [0.4, 0.5) is 0 Å². The third kappa shape index (κ3) is 3.43. The van der Waals surface area contributed by atoms with Crippen LogP contribution in [-0.4, -0.2) is 64.3 Å². The van der Waals surface area contributed by atoms with Crippen molar-refractivity contribution in [2.75, 3.05) is 26.2 Å². The lowest BCUT2D eigenvalue weighted by molar-refractivity contribution is -0.145. The number of aromatic nitrogens is 1. The maximum Gasteiger partial charge on any atom is 0.252 e. The van der Waals surface area contributed by atoms with E-state index in [-0.39, 0.29) is 5.91 Å². The van der Waals surface area contributed by atoms with E-state index < -0.39 is 6.10 Å². The highest BCUT2D eigenvalue weighted by molar-refractivity contribution is 5.81. The van der Waals surface area contributed by atoms with Crippen LogP contribution >= 0.6 is 0 Å². The Kier molecular flexibility index (Phi) is 5.02. The van der Waals surface area contributed by atoms with Crippen LogP contribution in [-0.2, 0) is 4.79 Å². The normalized spacial score (nSPS) is 24.5. The topological polar surface area (TPSA) is 69.8 Å². The van der Waals surface area contributed by atoms with E-state index in [2.05, 4.69) is 17.0 Å². The molecule has 2 unspecified atom stereocenters. The Morgan fingerprint density at radius 3 is 2.91 bits per heavy atom. The molecule has 2 fully saturated rings. The zero-order valence-corrected chi connectivity index (χ0v) is 14.1. The number of nitrogens with zero attached hydrogens (tertiary/aromatic N) is 3. The lowest BCUT2D eigenvalue weighted by Crippen LogP contribution is -2.54. The van der Waals surface area contributed by atoms with Gasteiger partial charge < -0.3 is 14.5 Å². The van der Waals surface area contributed by atoms with Crippen LogP contribution in [0.1, 0.15) is 49.8 Å². The monoisotopic (exact) mass is 321 g/mol. The molecule has 1 aromatic heterocycles. The van der Waals surface area contributed by atoms with Gasteiger partial charge in [-0.1, -0.05) is 12.1 Å².